The van der Waals surface area contributed by atoms with Crippen LogP contribution in [0.2, 0.25) is 0 Å². The number of carbonyl (C=O) groups is 1. The Morgan fingerprint density at radius 3 is 3.04 bits per heavy atom. The molecule has 2 heterocycles. The van der Waals surface area contributed by atoms with Gasteiger partial charge in [-0.15, -0.1) is 5.10 Å². The molecule has 1 aromatic carbocycles. The smallest absolute Gasteiger partial charge is 0.325 e. The first kappa shape index (κ1) is 16.4. The number of methoxy groups -OCH3 is 1. The molecule has 0 fully saturated rings. The molecule has 1 N–H and O–H groups in total. The van der Waals surface area contributed by atoms with Crippen LogP contribution >= 0.6 is 0 Å². The Labute approximate surface area is 140 Å². The number of ether oxygens (including phenoxy) is 1. The van der Waals surface area contributed by atoms with Crippen molar-refractivity contribution >= 4 is 5.97 Å². The van der Waals surface area contributed by atoms with Crippen LogP contribution in [0.5, 0.6) is 5.75 Å². The number of carboxylic acid groups (broad SMARTS) is 1. The molecule has 0 radical (unpaired) electrons. The molecule has 0 saturated carbocycles. The second-order valence-corrected chi connectivity index (χ2v) is 6.07. The molecule has 1 aliphatic heterocycles. The third-order valence-corrected chi connectivity index (χ3v) is 4.30. The molecule has 24 heavy (non-hydrogen) atoms. The average molecular weight is 330 g/mol. The molecule has 2 aromatic rings. The van der Waals surface area contributed by atoms with Crippen molar-refractivity contribution in [3.63, 3.8) is 0 Å². The zero-order valence-electron chi connectivity index (χ0n) is 13.8. The van der Waals surface area contributed by atoms with Crippen molar-refractivity contribution in [1.82, 2.24) is 19.9 Å². The fourth-order valence-electron chi connectivity index (χ4n) is 3.06. The largest absolute Gasteiger partial charge is 0.497 e. The van der Waals surface area contributed by atoms with Crippen LogP contribution in [0.4, 0.5) is 0 Å². The van der Waals surface area contributed by atoms with Gasteiger partial charge in [-0.2, -0.15) is 0 Å². The minimum Gasteiger partial charge on any atom is -0.497 e. The van der Waals surface area contributed by atoms with E-state index in [0.717, 1.165) is 50.3 Å². The highest BCUT2D eigenvalue weighted by atomic mass is 16.5. The lowest BCUT2D eigenvalue weighted by Gasteiger charge is -2.19. The zero-order chi connectivity index (χ0) is 16.9. The summed E-state index contributed by atoms with van der Waals surface area (Å²) in [6, 6.07) is 6.30. The van der Waals surface area contributed by atoms with E-state index in [4.69, 9.17) is 9.84 Å². The van der Waals surface area contributed by atoms with Gasteiger partial charge in [-0.05, 0) is 42.6 Å². The SMILES string of the molecule is COc1ccc2c(c1)CCCN(CCc1cn(CC(=O)O)nn1)C2. The summed E-state index contributed by atoms with van der Waals surface area (Å²) in [6.07, 6.45) is 4.67. The standard InChI is InChI=1S/C17H22N4O3/c1-24-16-5-4-14-10-20(7-2-3-13(14)9-16)8-6-15-11-21(19-18-15)12-17(22)23/h4-5,9,11H,2-3,6-8,10,12H2,1H3,(H,22,23). The summed E-state index contributed by atoms with van der Waals surface area (Å²) in [5, 5.41) is 16.7. The topological polar surface area (TPSA) is 80.5 Å². The summed E-state index contributed by atoms with van der Waals surface area (Å²) in [4.78, 5) is 13.1. The highest BCUT2D eigenvalue weighted by molar-refractivity contribution is 5.66. The summed E-state index contributed by atoms with van der Waals surface area (Å²) in [7, 11) is 1.70. The van der Waals surface area contributed by atoms with Crippen LogP contribution < -0.4 is 4.74 Å². The number of benzene rings is 1. The molecule has 0 amide bonds. The van der Waals surface area contributed by atoms with E-state index >= 15 is 0 Å². The second-order valence-electron chi connectivity index (χ2n) is 6.07. The van der Waals surface area contributed by atoms with E-state index in [1.54, 1.807) is 13.3 Å². The van der Waals surface area contributed by atoms with Crippen molar-refractivity contribution in [2.45, 2.75) is 32.4 Å². The number of hydrogen-bond donors (Lipinski definition) is 1. The Balaban J connectivity index is 1.59. The van der Waals surface area contributed by atoms with Gasteiger partial charge in [0.15, 0.2) is 0 Å². The quantitative estimate of drug-likeness (QED) is 0.861. The Morgan fingerprint density at radius 1 is 1.38 bits per heavy atom. The molecule has 1 aromatic heterocycles. The van der Waals surface area contributed by atoms with Gasteiger partial charge in [0.1, 0.15) is 12.3 Å². The number of carboxylic acids is 1. The predicted octanol–water partition coefficient (Wildman–Crippen LogP) is 1.36. The van der Waals surface area contributed by atoms with Crippen LogP contribution in [0.3, 0.4) is 0 Å². The lowest BCUT2D eigenvalue weighted by atomic mass is 10.0. The third-order valence-electron chi connectivity index (χ3n) is 4.30. The zero-order valence-corrected chi connectivity index (χ0v) is 13.8. The van der Waals surface area contributed by atoms with Crippen LogP contribution in [-0.2, 0) is 30.7 Å². The Bertz CT molecular complexity index is 714. The molecule has 0 unspecified atom stereocenters. The molecule has 7 nitrogen and oxygen atoms in total. The van der Waals surface area contributed by atoms with Gasteiger partial charge in [0.05, 0.1) is 12.8 Å². The van der Waals surface area contributed by atoms with Gasteiger partial charge in [-0.3, -0.25) is 9.69 Å². The monoisotopic (exact) mass is 330 g/mol. The predicted molar refractivity (Wildman–Crippen MR) is 88.0 cm³/mol. The number of aryl methyl sites for hydroxylation is 1. The van der Waals surface area contributed by atoms with Crippen molar-refractivity contribution in [3.8, 4) is 5.75 Å². The van der Waals surface area contributed by atoms with Crippen molar-refractivity contribution in [3.05, 3.63) is 41.2 Å². The number of aliphatic carboxylic acids is 1. The van der Waals surface area contributed by atoms with Gasteiger partial charge in [0.25, 0.3) is 0 Å². The third kappa shape index (κ3) is 4.11. The number of rotatable bonds is 6. The molecule has 128 valence electrons. The molecule has 0 atom stereocenters. The van der Waals surface area contributed by atoms with Gasteiger partial charge in [-0.1, -0.05) is 11.3 Å². The molecular formula is C17H22N4O3. The maximum atomic E-state index is 10.7. The first-order valence-electron chi connectivity index (χ1n) is 8.13. The van der Waals surface area contributed by atoms with Gasteiger partial charge < -0.3 is 9.84 Å². The van der Waals surface area contributed by atoms with Crippen molar-refractivity contribution in [2.75, 3.05) is 20.2 Å². The van der Waals surface area contributed by atoms with E-state index in [9.17, 15) is 4.79 Å². The summed E-state index contributed by atoms with van der Waals surface area (Å²) < 4.78 is 6.67. The van der Waals surface area contributed by atoms with Crippen LogP contribution in [-0.4, -0.2) is 51.2 Å². The van der Waals surface area contributed by atoms with Gasteiger partial charge >= 0.3 is 5.97 Å². The molecular weight excluding hydrogens is 308 g/mol. The first-order chi connectivity index (χ1) is 11.6. The Kier molecular flexibility index (Phi) is 5.10. The molecule has 0 bridgehead atoms. The maximum Gasteiger partial charge on any atom is 0.325 e. The van der Waals surface area contributed by atoms with Gasteiger partial charge in [-0.25, -0.2) is 4.68 Å². The van der Waals surface area contributed by atoms with Crippen LogP contribution in [0, 0.1) is 0 Å². The molecule has 7 heteroatoms. The molecule has 3 rings (SSSR count). The van der Waals surface area contributed by atoms with Crippen LogP contribution in [0.1, 0.15) is 23.2 Å². The maximum absolute atomic E-state index is 10.7. The summed E-state index contributed by atoms with van der Waals surface area (Å²) in [6.45, 7) is 2.70. The Morgan fingerprint density at radius 2 is 2.25 bits per heavy atom. The average Bonchev–Trinajstić information content (AvgIpc) is 2.89. The van der Waals surface area contributed by atoms with Crippen molar-refractivity contribution in [1.29, 1.82) is 0 Å². The molecule has 0 saturated heterocycles. The lowest BCUT2D eigenvalue weighted by Crippen LogP contribution is -2.25. The minimum atomic E-state index is -0.911. The van der Waals surface area contributed by atoms with E-state index in [1.165, 1.54) is 15.8 Å². The van der Waals surface area contributed by atoms with Gasteiger partial charge in [0.2, 0.25) is 0 Å². The number of aromatic nitrogens is 3. The summed E-state index contributed by atoms with van der Waals surface area (Å²) >= 11 is 0. The van der Waals surface area contributed by atoms with E-state index in [1.807, 2.05) is 6.07 Å². The van der Waals surface area contributed by atoms with E-state index in [2.05, 4.69) is 27.3 Å². The fraction of sp³-hybridized carbons (Fsp3) is 0.471. The van der Waals surface area contributed by atoms with Gasteiger partial charge in [0, 0.05) is 25.7 Å². The summed E-state index contributed by atoms with van der Waals surface area (Å²) in [5.74, 6) is 0.00301. The molecule has 0 spiro atoms. The van der Waals surface area contributed by atoms with E-state index < -0.39 is 5.97 Å². The second kappa shape index (κ2) is 7.44. The number of hydrogen-bond acceptors (Lipinski definition) is 5. The lowest BCUT2D eigenvalue weighted by molar-refractivity contribution is -0.137. The highest BCUT2D eigenvalue weighted by Crippen LogP contribution is 2.23. The summed E-state index contributed by atoms with van der Waals surface area (Å²) in [5.41, 5.74) is 3.54. The van der Waals surface area contributed by atoms with Crippen molar-refractivity contribution < 1.29 is 14.6 Å². The van der Waals surface area contributed by atoms with E-state index in [-0.39, 0.29) is 6.54 Å². The molecule has 1 aliphatic rings. The van der Waals surface area contributed by atoms with Crippen molar-refractivity contribution in [2.24, 2.45) is 0 Å². The number of nitrogens with zero attached hydrogens (tertiary/aromatic N) is 4. The Hall–Kier alpha value is -2.41. The first-order valence-corrected chi connectivity index (χ1v) is 8.13. The minimum absolute atomic E-state index is 0.147. The van der Waals surface area contributed by atoms with Crippen LogP contribution in [0.25, 0.3) is 0 Å². The van der Waals surface area contributed by atoms with Crippen LogP contribution in [0.15, 0.2) is 24.4 Å². The molecule has 0 aliphatic carbocycles. The highest BCUT2D eigenvalue weighted by Gasteiger charge is 2.15. The van der Waals surface area contributed by atoms with E-state index in [0.29, 0.717) is 0 Å². The number of fused-ring (bicyclic) bond motifs is 1. The normalized spacial score (nSPS) is 14.9. The fourth-order valence-corrected chi connectivity index (χ4v) is 3.06.